The molecule has 134 valence electrons. The fraction of sp³-hybridized carbons (Fsp3) is 0.286. The molecular formula is C21H22N2O3. The highest BCUT2D eigenvalue weighted by Gasteiger charge is 2.34. The topological polar surface area (TPSA) is 70.4 Å². The van der Waals surface area contributed by atoms with E-state index in [0.29, 0.717) is 36.5 Å². The Kier molecular flexibility index (Phi) is 6.51. The van der Waals surface area contributed by atoms with Gasteiger partial charge in [0, 0.05) is 12.1 Å². The quantitative estimate of drug-likeness (QED) is 0.428. The van der Waals surface area contributed by atoms with E-state index in [0.717, 1.165) is 12.0 Å². The van der Waals surface area contributed by atoms with E-state index in [1.54, 1.807) is 31.2 Å². The number of nitrogens with zero attached hydrogens (tertiary/aromatic N) is 2. The first-order valence-corrected chi connectivity index (χ1v) is 8.56. The molecule has 1 aliphatic heterocycles. The standard InChI is InChI=1S/C21H22N2O3/c1-4-6-11-23-20(24)18(15(3)19(14-22)21(23)25)13-16-7-9-17(10-8-16)26-12-5-2/h5,7-10,13H,2,4,6,11-12H2,1,3H3/b18-13+. The van der Waals surface area contributed by atoms with Crippen molar-refractivity contribution in [2.24, 2.45) is 0 Å². The van der Waals surface area contributed by atoms with Crippen molar-refractivity contribution in [2.45, 2.75) is 26.7 Å². The molecule has 0 saturated carbocycles. The molecule has 0 aliphatic carbocycles. The predicted molar refractivity (Wildman–Crippen MR) is 100 cm³/mol. The molecule has 1 aromatic carbocycles. The summed E-state index contributed by atoms with van der Waals surface area (Å²) in [7, 11) is 0. The van der Waals surface area contributed by atoms with Crippen molar-refractivity contribution in [3.05, 3.63) is 59.2 Å². The van der Waals surface area contributed by atoms with E-state index in [4.69, 9.17) is 4.74 Å². The molecular weight excluding hydrogens is 328 g/mol. The molecule has 0 unspecified atom stereocenters. The van der Waals surface area contributed by atoms with Crippen LogP contribution in [0.5, 0.6) is 5.75 Å². The monoisotopic (exact) mass is 350 g/mol. The fourth-order valence-corrected chi connectivity index (χ4v) is 2.63. The summed E-state index contributed by atoms with van der Waals surface area (Å²) in [5, 5.41) is 9.35. The molecule has 5 nitrogen and oxygen atoms in total. The third-order valence-electron chi connectivity index (χ3n) is 4.12. The number of hydrogen-bond acceptors (Lipinski definition) is 4. The number of hydrogen-bond donors (Lipinski definition) is 0. The Hall–Kier alpha value is -3.13. The molecule has 0 aromatic heterocycles. The van der Waals surface area contributed by atoms with Gasteiger partial charge in [0.05, 0.1) is 0 Å². The largest absolute Gasteiger partial charge is 0.490 e. The van der Waals surface area contributed by atoms with E-state index in [9.17, 15) is 14.9 Å². The minimum atomic E-state index is -0.506. The van der Waals surface area contributed by atoms with Crippen LogP contribution in [0.15, 0.2) is 53.6 Å². The van der Waals surface area contributed by atoms with Crippen molar-refractivity contribution in [2.75, 3.05) is 13.2 Å². The zero-order valence-corrected chi connectivity index (χ0v) is 15.1. The number of amides is 2. The van der Waals surface area contributed by atoms with Gasteiger partial charge in [-0.15, -0.1) is 0 Å². The SMILES string of the molecule is C=CCOc1ccc(/C=C2/C(=O)N(CCCC)C(=O)C(C#N)=C2C)cc1. The van der Waals surface area contributed by atoms with Crippen LogP contribution in [0.3, 0.4) is 0 Å². The number of rotatable bonds is 7. The van der Waals surface area contributed by atoms with Gasteiger partial charge >= 0.3 is 0 Å². The van der Waals surface area contributed by atoms with Gasteiger partial charge in [-0.3, -0.25) is 14.5 Å². The van der Waals surface area contributed by atoms with E-state index in [-0.39, 0.29) is 11.5 Å². The molecule has 1 heterocycles. The molecule has 1 aromatic rings. The Labute approximate surface area is 153 Å². The zero-order valence-electron chi connectivity index (χ0n) is 15.1. The smallest absolute Gasteiger partial charge is 0.271 e. The molecule has 0 radical (unpaired) electrons. The summed E-state index contributed by atoms with van der Waals surface area (Å²) in [4.78, 5) is 26.4. The zero-order chi connectivity index (χ0) is 19.1. The molecule has 0 saturated heterocycles. The molecule has 0 bridgehead atoms. The number of imide groups is 1. The summed E-state index contributed by atoms with van der Waals surface area (Å²) < 4.78 is 5.44. The fourth-order valence-electron chi connectivity index (χ4n) is 2.63. The highest BCUT2D eigenvalue weighted by molar-refractivity contribution is 6.19. The Morgan fingerprint density at radius 3 is 2.50 bits per heavy atom. The van der Waals surface area contributed by atoms with Crippen LogP contribution >= 0.6 is 0 Å². The summed E-state index contributed by atoms with van der Waals surface area (Å²) in [5.41, 5.74) is 1.61. The summed E-state index contributed by atoms with van der Waals surface area (Å²) >= 11 is 0. The van der Waals surface area contributed by atoms with E-state index in [1.807, 2.05) is 25.1 Å². The number of carbonyl (C=O) groups is 2. The maximum absolute atomic E-state index is 12.8. The van der Waals surface area contributed by atoms with Gasteiger partial charge in [-0.1, -0.05) is 38.1 Å². The lowest BCUT2D eigenvalue weighted by atomic mass is 9.93. The lowest BCUT2D eigenvalue weighted by molar-refractivity contribution is -0.140. The molecule has 1 aliphatic rings. The second-order valence-corrected chi connectivity index (χ2v) is 5.95. The van der Waals surface area contributed by atoms with Crippen LogP contribution in [-0.4, -0.2) is 29.9 Å². The van der Waals surface area contributed by atoms with Crippen molar-refractivity contribution >= 4 is 17.9 Å². The third kappa shape index (κ3) is 4.09. The summed E-state index contributed by atoms with van der Waals surface area (Å²) in [6.45, 7) is 7.96. The first kappa shape index (κ1) is 19.2. The van der Waals surface area contributed by atoms with Gasteiger partial charge in [-0.25, -0.2) is 0 Å². The highest BCUT2D eigenvalue weighted by Crippen LogP contribution is 2.27. The summed E-state index contributed by atoms with van der Waals surface area (Å²) in [6, 6.07) is 9.19. The molecule has 5 heteroatoms. The molecule has 0 spiro atoms. The molecule has 0 fully saturated rings. The van der Waals surface area contributed by atoms with Crippen molar-refractivity contribution in [1.29, 1.82) is 5.26 Å². The summed E-state index contributed by atoms with van der Waals surface area (Å²) in [5.74, 6) is -0.160. The molecule has 0 atom stereocenters. The van der Waals surface area contributed by atoms with Crippen molar-refractivity contribution in [3.8, 4) is 11.8 Å². The Morgan fingerprint density at radius 1 is 1.23 bits per heavy atom. The number of unbranched alkanes of at least 4 members (excludes halogenated alkanes) is 1. The molecule has 26 heavy (non-hydrogen) atoms. The van der Waals surface area contributed by atoms with Crippen LogP contribution in [-0.2, 0) is 9.59 Å². The van der Waals surface area contributed by atoms with Crippen LogP contribution in [0.25, 0.3) is 6.08 Å². The minimum absolute atomic E-state index is 0.0258. The van der Waals surface area contributed by atoms with Gasteiger partial charge in [0.2, 0.25) is 0 Å². The normalized spacial score (nSPS) is 16.0. The van der Waals surface area contributed by atoms with Crippen molar-refractivity contribution < 1.29 is 14.3 Å². The second kappa shape index (κ2) is 8.82. The van der Waals surface area contributed by atoms with Crippen LogP contribution in [0.4, 0.5) is 0 Å². The van der Waals surface area contributed by atoms with Gasteiger partial charge in [0.1, 0.15) is 24.0 Å². The van der Waals surface area contributed by atoms with E-state index in [2.05, 4.69) is 6.58 Å². The maximum atomic E-state index is 12.8. The number of benzene rings is 1. The van der Waals surface area contributed by atoms with E-state index >= 15 is 0 Å². The van der Waals surface area contributed by atoms with Crippen LogP contribution in [0.2, 0.25) is 0 Å². The Morgan fingerprint density at radius 2 is 1.92 bits per heavy atom. The van der Waals surface area contributed by atoms with Gasteiger partial charge in [0.25, 0.3) is 11.8 Å². The van der Waals surface area contributed by atoms with Crippen LogP contribution in [0.1, 0.15) is 32.3 Å². The Bertz CT molecular complexity index is 811. The average Bonchev–Trinajstić information content (AvgIpc) is 2.65. The highest BCUT2D eigenvalue weighted by atomic mass is 16.5. The average molecular weight is 350 g/mol. The second-order valence-electron chi connectivity index (χ2n) is 5.95. The molecule has 2 rings (SSSR count). The number of carbonyl (C=O) groups excluding carboxylic acids is 2. The lowest BCUT2D eigenvalue weighted by Crippen LogP contribution is -2.43. The van der Waals surface area contributed by atoms with Crippen molar-refractivity contribution in [3.63, 3.8) is 0 Å². The van der Waals surface area contributed by atoms with Gasteiger partial charge in [-0.05, 0) is 42.7 Å². The van der Waals surface area contributed by atoms with Crippen LogP contribution in [0, 0.1) is 11.3 Å². The van der Waals surface area contributed by atoms with Gasteiger partial charge in [-0.2, -0.15) is 5.26 Å². The first-order chi connectivity index (χ1) is 12.5. The van der Waals surface area contributed by atoms with Crippen LogP contribution < -0.4 is 4.74 Å². The van der Waals surface area contributed by atoms with E-state index in [1.165, 1.54) is 4.90 Å². The minimum Gasteiger partial charge on any atom is -0.490 e. The predicted octanol–water partition coefficient (Wildman–Crippen LogP) is 3.64. The van der Waals surface area contributed by atoms with E-state index < -0.39 is 5.91 Å². The van der Waals surface area contributed by atoms with Gasteiger partial charge in [0.15, 0.2) is 0 Å². The maximum Gasteiger partial charge on any atom is 0.271 e. The third-order valence-corrected chi connectivity index (χ3v) is 4.12. The van der Waals surface area contributed by atoms with Gasteiger partial charge < -0.3 is 4.74 Å². The first-order valence-electron chi connectivity index (χ1n) is 8.56. The molecule has 2 amide bonds. The summed E-state index contributed by atoms with van der Waals surface area (Å²) in [6.07, 6.45) is 4.93. The molecule has 0 N–H and O–H groups in total. The Balaban J connectivity index is 2.38. The van der Waals surface area contributed by atoms with Crippen molar-refractivity contribution in [1.82, 2.24) is 4.90 Å². The lowest BCUT2D eigenvalue weighted by Gasteiger charge is -2.27. The number of ether oxygens (including phenoxy) is 1. The number of nitriles is 1.